The second kappa shape index (κ2) is 7.44. The molecule has 0 N–H and O–H groups in total. The van der Waals surface area contributed by atoms with Crippen LogP contribution < -0.4 is 4.74 Å². The van der Waals surface area contributed by atoms with E-state index in [1.165, 1.54) is 0 Å². The van der Waals surface area contributed by atoms with Gasteiger partial charge in [0, 0.05) is 32.7 Å². The van der Waals surface area contributed by atoms with Gasteiger partial charge in [-0.25, -0.2) is 8.42 Å². The number of piperazine rings is 1. The summed E-state index contributed by atoms with van der Waals surface area (Å²) in [6, 6.07) is 6.68. The van der Waals surface area contributed by atoms with Crippen LogP contribution in [0.3, 0.4) is 0 Å². The van der Waals surface area contributed by atoms with Crippen LogP contribution in [0.4, 0.5) is 0 Å². The highest BCUT2D eigenvalue weighted by Gasteiger charge is 2.28. The Morgan fingerprint density at radius 3 is 2.18 bits per heavy atom. The van der Waals surface area contributed by atoms with Crippen molar-refractivity contribution in [1.29, 1.82) is 0 Å². The van der Waals surface area contributed by atoms with Gasteiger partial charge in [0.2, 0.25) is 10.0 Å². The number of hydrogen-bond acceptors (Lipinski definition) is 4. The van der Waals surface area contributed by atoms with E-state index in [1.807, 2.05) is 6.92 Å². The largest absolute Gasteiger partial charge is 0.494 e. The fourth-order valence-electron chi connectivity index (χ4n) is 2.69. The van der Waals surface area contributed by atoms with Crippen LogP contribution in [0.1, 0.15) is 20.8 Å². The van der Waals surface area contributed by atoms with E-state index in [0.717, 1.165) is 19.6 Å². The topological polar surface area (TPSA) is 49.9 Å². The van der Waals surface area contributed by atoms with E-state index in [2.05, 4.69) is 18.7 Å². The molecule has 124 valence electrons. The molecular formula is C16H26N2O3S. The molecule has 1 aliphatic heterocycles. The monoisotopic (exact) mass is 326 g/mol. The van der Waals surface area contributed by atoms with Crippen molar-refractivity contribution in [3.05, 3.63) is 24.3 Å². The molecule has 0 radical (unpaired) electrons. The highest BCUT2D eigenvalue weighted by molar-refractivity contribution is 7.89. The van der Waals surface area contributed by atoms with Gasteiger partial charge in [-0.1, -0.05) is 13.8 Å². The third kappa shape index (κ3) is 4.21. The molecule has 2 rings (SSSR count). The summed E-state index contributed by atoms with van der Waals surface area (Å²) in [5.74, 6) is 1.30. The van der Waals surface area contributed by atoms with Crippen molar-refractivity contribution in [2.75, 3.05) is 39.3 Å². The Morgan fingerprint density at radius 1 is 1.09 bits per heavy atom. The van der Waals surface area contributed by atoms with Crippen LogP contribution in [-0.4, -0.2) is 57.0 Å². The highest BCUT2D eigenvalue weighted by atomic mass is 32.2. The molecule has 0 unspecified atom stereocenters. The van der Waals surface area contributed by atoms with E-state index >= 15 is 0 Å². The molecule has 0 bridgehead atoms. The van der Waals surface area contributed by atoms with E-state index in [1.54, 1.807) is 28.6 Å². The maximum Gasteiger partial charge on any atom is 0.243 e. The number of sulfonamides is 1. The molecule has 0 atom stereocenters. The third-order valence-electron chi connectivity index (χ3n) is 3.73. The smallest absolute Gasteiger partial charge is 0.243 e. The number of hydrogen-bond donors (Lipinski definition) is 0. The van der Waals surface area contributed by atoms with Crippen molar-refractivity contribution in [3.63, 3.8) is 0 Å². The Hall–Kier alpha value is -1.11. The molecule has 22 heavy (non-hydrogen) atoms. The molecule has 1 fully saturated rings. The van der Waals surface area contributed by atoms with Crippen LogP contribution in [-0.2, 0) is 10.0 Å². The van der Waals surface area contributed by atoms with E-state index in [0.29, 0.717) is 36.3 Å². The maximum atomic E-state index is 12.7. The van der Waals surface area contributed by atoms with Crippen molar-refractivity contribution >= 4 is 10.0 Å². The van der Waals surface area contributed by atoms with Crippen LogP contribution >= 0.6 is 0 Å². The molecule has 1 aromatic rings. The number of rotatable bonds is 6. The van der Waals surface area contributed by atoms with Crippen LogP contribution in [0.25, 0.3) is 0 Å². The van der Waals surface area contributed by atoms with Gasteiger partial charge in [0.15, 0.2) is 0 Å². The quantitative estimate of drug-likeness (QED) is 0.803. The summed E-state index contributed by atoms with van der Waals surface area (Å²) in [6.07, 6.45) is 0. The van der Waals surface area contributed by atoms with Crippen molar-refractivity contribution in [3.8, 4) is 5.75 Å². The van der Waals surface area contributed by atoms with Crippen molar-refractivity contribution in [1.82, 2.24) is 9.21 Å². The van der Waals surface area contributed by atoms with E-state index in [4.69, 9.17) is 4.74 Å². The standard InChI is InChI=1S/C16H26N2O3S/c1-4-21-15-5-7-16(8-6-15)22(19,20)18-11-9-17(10-12-18)13-14(2)3/h5-8,14H,4,9-13H2,1-3H3. The predicted molar refractivity (Wildman–Crippen MR) is 87.6 cm³/mol. The summed E-state index contributed by atoms with van der Waals surface area (Å²) in [4.78, 5) is 2.67. The first kappa shape index (κ1) is 17.2. The van der Waals surface area contributed by atoms with E-state index in [9.17, 15) is 8.42 Å². The minimum Gasteiger partial charge on any atom is -0.494 e. The van der Waals surface area contributed by atoms with Crippen LogP contribution in [0.5, 0.6) is 5.75 Å². The van der Waals surface area contributed by atoms with Gasteiger partial charge in [0.05, 0.1) is 11.5 Å². The minimum absolute atomic E-state index is 0.341. The summed E-state index contributed by atoms with van der Waals surface area (Å²) in [6.45, 7) is 10.6. The first-order chi connectivity index (χ1) is 10.4. The molecule has 0 aliphatic carbocycles. The Bertz CT molecular complexity index is 562. The lowest BCUT2D eigenvalue weighted by Crippen LogP contribution is -2.49. The first-order valence-corrected chi connectivity index (χ1v) is 9.33. The zero-order valence-corrected chi connectivity index (χ0v) is 14.5. The molecule has 0 saturated carbocycles. The molecular weight excluding hydrogens is 300 g/mol. The third-order valence-corrected chi connectivity index (χ3v) is 5.64. The van der Waals surface area contributed by atoms with Crippen LogP contribution in [0.2, 0.25) is 0 Å². The second-order valence-corrected chi connectivity index (χ2v) is 7.94. The van der Waals surface area contributed by atoms with Gasteiger partial charge in [0.1, 0.15) is 5.75 Å². The average molecular weight is 326 g/mol. The van der Waals surface area contributed by atoms with Gasteiger partial charge >= 0.3 is 0 Å². The number of ether oxygens (including phenoxy) is 1. The second-order valence-electron chi connectivity index (χ2n) is 6.00. The van der Waals surface area contributed by atoms with Crippen molar-refractivity contribution in [2.45, 2.75) is 25.7 Å². The van der Waals surface area contributed by atoms with Crippen LogP contribution in [0, 0.1) is 5.92 Å². The Balaban J connectivity index is 2.02. The maximum absolute atomic E-state index is 12.7. The van der Waals surface area contributed by atoms with E-state index in [-0.39, 0.29) is 0 Å². The van der Waals surface area contributed by atoms with Gasteiger partial charge in [-0.2, -0.15) is 4.31 Å². The van der Waals surface area contributed by atoms with E-state index < -0.39 is 10.0 Å². The molecule has 0 amide bonds. The van der Waals surface area contributed by atoms with Gasteiger partial charge in [-0.3, -0.25) is 0 Å². The summed E-state index contributed by atoms with van der Waals surface area (Å²) < 4.78 is 32.2. The molecule has 0 spiro atoms. The SMILES string of the molecule is CCOc1ccc(S(=O)(=O)N2CCN(CC(C)C)CC2)cc1. The molecule has 1 saturated heterocycles. The van der Waals surface area contributed by atoms with Crippen molar-refractivity contribution in [2.24, 2.45) is 5.92 Å². The normalized spacial score (nSPS) is 17.8. The van der Waals surface area contributed by atoms with Crippen LogP contribution in [0.15, 0.2) is 29.2 Å². The number of benzene rings is 1. The molecule has 1 aromatic carbocycles. The predicted octanol–water partition coefficient (Wildman–Crippen LogP) is 2.05. The Kier molecular flexibility index (Phi) is 5.83. The van der Waals surface area contributed by atoms with Gasteiger partial charge < -0.3 is 9.64 Å². The van der Waals surface area contributed by atoms with Gasteiger partial charge in [-0.05, 0) is 37.1 Å². The number of nitrogens with zero attached hydrogens (tertiary/aromatic N) is 2. The summed E-state index contributed by atoms with van der Waals surface area (Å²) >= 11 is 0. The van der Waals surface area contributed by atoms with Gasteiger partial charge in [0.25, 0.3) is 0 Å². The zero-order chi connectivity index (χ0) is 16.2. The lowest BCUT2D eigenvalue weighted by molar-refractivity contribution is 0.172. The molecule has 6 heteroatoms. The zero-order valence-electron chi connectivity index (χ0n) is 13.7. The molecule has 1 aliphatic rings. The molecule has 0 aromatic heterocycles. The average Bonchev–Trinajstić information content (AvgIpc) is 2.48. The Morgan fingerprint density at radius 2 is 1.68 bits per heavy atom. The van der Waals surface area contributed by atoms with Crippen molar-refractivity contribution < 1.29 is 13.2 Å². The highest BCUT2D eigenvalue weighted by Crippen LogP contribution is 2.21. The lowest BCUT2D eigenvalue weighted by atomic mass is 10.2. The fraction of sp³-hybridized carbons (Fsp3) is 0.625. The molecule has 1 heterocycles. The van der Waals surface area contributed by atoms with Gasteiger partial charge in [-0.15, -0.1) is 0 Å². The summed E-state index contributed by atoms with van der Waals surface area (Å²) in [5.41, 5.74) is 0. The fourth-order valence-corrected chi connectivity index (χ4v) is 4.11. The molecule has 5 nitrogen and oxygen atoms in total. The first-order valence-electron chi connectivity index (χ1n) is 7.89. The lowest BCUT2D eigenvalue weighted by Gasteiger charge is -2.34. The summed E-state index contributed by atoms with van der Waals surface area (Å²) in [5, 5.41) is 0. The minimum atomic E-state index is -3.39. The summed E-state index contributed by atoms with van der Waals surface area (Å²) in [7, 11) is -3.39. The Labute approximate surface area is 133 Å².